The molecule has 1 saturated heterocycles. The predicted octanol–water partition coefficient (Wildman–Crippen LogP) is 2.12. The van der Waals surface area contributed by atoms with Crippen LogP contribution in [0.1, 0.15) is 6.42 Å². The van der Waals surface area contributed by atoms with E-state index in [1.165, 1.54) is 4.90 Å². The van der Waals surface area contributed by atoms with Gasteiger partial charge >= 0.3 is 6.09 Å². The molecule has 0 saturated carbocycles. The van der Waals surface area contributed by atoms with Gasteiger partial charge in [0.05, 0.1) is 4.90 Å². The third-order valence-electron chi connectivity index (χ3n) is 4.10. The maximum absolute atomic E-state index is 12.3. The van der Waals surface area contributed by atoms with Gasteiger partial charge in [0.1, 0.15) is 0 Å². The fourth-order valence-corrected chi connectivity index (χ4v) is 3.81. The molecular weight excluding hydrogens is 316 g/mol. The van der Waals surface area contributed by atoms with Crippen LogP contribution in [-0.4, -0.2) is 44.2 Å². The molecular formula is C16H18N2O4S. The molecule has 0 bridgehead atoms. The van der Waals surface area contributed by atoms with Crippen molar-refractivity contribution >= 4 is 26.9 Å². The topological polar surface area (TPSA) is 86.7 Å². The highest BCUT2D eigenvalue weighted by Crippen LogP contribution is 2.20. The summed E-state index contributed by atoms with van der Waals surface area (Å²) in [6.07, 6.45) is -0.283. The summed E-state index contributed by atoms with van der Waals surface area (Å²) in [5.41, 5.74) is 0. The smallest absolute Gasteiger partial charge is 0.407 e. The van der Waals surface area contributed by atoms with Crippen molar-refractivity contribution in [2.75, 3.05) is 19.6 Å². The molecule has 7 heteroatoms. The normalized spacial score (nSPS) is 15.6. The number of sulfonamides is 1. The highest BCUT2D eigenvalue weighted by Gasteiger charge is 2.30. The second-order valence-corrected chi connectivity index (χ2v) is 7.52. The second kappa shape index (κ2) is 6.17. The van der Waals surface area contributed by atoms with Gasteiger partial charge in [-0.15, -0.1) is 0 Å². The third kappa shape index (κ3) is 3.46. The molecule has 1 aliphatic heterocycles. The largest absolute Gasteiger partial charge is 0.465 e. The summed E-state index contributed by atoms with van der Waals surface area (Å²) in [6.45, 7) is 1.27. The molecule has 0 spiro atoms. The summed E-state index contributed by atoms with van der Waals surface area (Å²) >= 11 is 0. The van der Waals surface area contributed by atoms with Crippen LogP contribution in [-0.2, 0) is 10.0 Å². The third-order valence-corrected chi connectivity index (χ3v) is 5.56. The van der Waals surface area contributed by atoms with E-state index >= 15 is 0 Å². The lowest BCUT2D eigenvalue weighted by Crippen LogP contribution is -2.50. The van der Waals surface area contributed by atoms with Gasteiger partial charge in [-0.2, -0.15) is 0 Å². The molecule has 0 aromatic heterocycles. The van der Waals surface area contributed by atoms with E-state index in [2.05, 4.69) is 4.72 Å². The standard InChI is InChI=1S/C16H18N2O4S/c19-16(20)18-10-12(11-18)7-8-17-23(21,22)15-6-5-13-3-1-2-4-14(13)9-15/h1-6,9,12,17H,7-8,10-11H2,(H,19,20). The molecule has 2 N–H and O–H groups in total. The van der Waals surface area contributed by atoms with E-state index in [0.717, 1.165) is 10.8 Å². The molecule has 23 heavy (non-hydrogen) atoms. The van der Waals surface area contributed by atoms with Crippen molar-refractivity contribution in [3.63, 3.8) is 0 Å². The Balaban J connectivity index is 1.59. The molecule has 1 heterocycles. The molecule has 3 rings (SSSR count). The van der Waals surface area contributed by atoms with Crippen LogP contribution in [0.3, 0.4) is 0 Å². The van der Waals surface area contributed by atoms with Gasteiger partial charge in [0.15, 0.2) is 0 Å². The first-order chi connectivity index (χ1) is 11.0. The zero-order chi connectivity index (χ0) is 16.4. The Morgan fingerprint density at radius 2 is 1.87 bits per heavy atom. The van der Waals surface area contributed by atoms with E-state index in [-0.39, 0.29) is 10.8 Å². The molecule has 6 nitrogen and oxygen atoms in total. The van der Waals surface area contributed by atoms with Gasteiger partial charge in [0, 0.05) is 19.6 Å². The summed E-state index contributed by atoms with van der Waals surface area (Å²) in [6, 6.07) is 12.6. The number of nitrogens with zero attached hydrogens (tertiary/aromatic N) is 1. The minimum absolute atomic E-state index is 0.227. The second-order valence-electron chi connectivity index (χ2n) is 5.75. The maximum atomic E-state index is 12.3. The van der Waals surface area contributed by atoms with Gasteiger partial charge < -0.3 is 10.0 Å². The fourth-order valence-electron chi connectivity index (χ4n) is 2.72. The Bertz CT molecular complexity index is 829. The monoisotopic (exact) mass is 334 g/mol. The van der Waals surface area contributed by atoms with Crippen molar-refractivity contribution < 1.29 is 18.3 Å². The number of carbonyl (C=O) groups is 1. The van der Waals surface area contributed by atoms with Crippen molar-refractivity contribution in [2.24, 2.45) is 5.92 Å². The lowest BCUT2D eigenvalue weighted by atomic mass is 9.97. The summed E-state index contributed by atoms with van der Waals surface area (Å²) in [5.74, 6) is 0.227. The van der Waals surface area contributed by atoms with Gasteiger partial charge in [0.2, 0.25) is 10.0 Å². The average Bonchev–Trinajstić information content (AvgIpc) is 2.48. The van der Waals surface area contributed by atoms with E-state index in [1.54, 1.807) is 18.2 Å². The molecule has 1 fully saturated rings. The molecule has 0 atom stereocenters. The highest BCUT2D eigenvalue weighted by atomic mass is 32.2. The molecule has 0 radical (unpaired) electrons. The molecule has 1 aliphatic rings. The molecule has 2 aromatic rings. The number of amides is 1. The fraction of sp³-hybridized carbons (Fsp3) is 0.312. The Morgan fingerprint density at radius 1 is 1.17 bits per heavy atom. The van der Waals surface area contributed by atoms with Crippen LogP contribution in [0.15, 0.2) is 47.4 Å². The first-order valence-electron chi connectivity index (χ1n) is 7.42. The Morgan fingerprint density at radius 3 is 2.57 bits per heavy atom. The molecule has 0 unspecified atom stereocenters. The number of benzene rings is 2. The summed E-state index contributed by atoms with van der Waals surface area (Å²) in [5, 5.41) is 10.6. The summed E-state index contributed by atoms with van der Waals surface area (Å²) < 4.78 is 27.2. The van der Waals surface area contributed by atoms with Crippen molar-refractivity contribution in [3.8, 4) is 0 Å². The maximum Gasteiger partial charge on any atom is 0.407 e. The number of fused-ring (bicyclic) bond motifs is 1. The van der Waals surface area contributed by atoms with Gasteiger partial charge in [-0.1, -0.05) is 30.3 Å². The van der Waals surface area contributed by atoms with E-state index in [0.29, 0.717) is 26.1 Å². The van der Waals surface area contributed by atoms with Crippen LogP contribution >= 0.6 is 0 Å². The van der Waals surface area contributed by atoms with Crippen molar-refractivity contribution in [2.45, 2.75) is 11.3 Å². The lowest BCUT2D eigenvalue weighted by molar-refractivity contribution is 0.0790. The van der Waals surface area contributed by atoms with Crippen LogP contribution in [0.25, 0.3) is 10.8 Å². The van der Waals surface area contributed by atoms with Gasteiger partial charge in [-0.05, 0) is 35.2 Å². The van der Waals surface area contributed by atoms with Crippen LogP contribution in [0.4, 0.5) is 4.79 Å². The minimum Gasteiger partial charge on any atom is -0.465 e. The molecule has 0 aliphatic carbocycles. The Hall–Kier alpha value is -2.12. The predicted molar refractivity (Wildman–Crippen MR) is 86.8 cm³/mol. The quantitative estimate of drug-likeness (QED) is 0.877. The van der Waals surface area contributed by atoms with Crippen LogP contribution in [0, 0.1) is 5.92 Å². The number of carboxylic acid groups (broad SMARTS) is 1. The van der Waals surface area contributed by atoms with Crippen molar-refractivity contribution in [1.82, 2.24) is 9.62 Å². The number of nitrogens with one attached hydrogen (secondary N) is 1. The van der Waals surface area contributed by atoms with Crippen LogP contribution in [0.5, 0.6) is 0 Å². The van der Waals surface area contributed by atoms with E-state index < -0.39 is 16.1 Å². The van der Waals surface area contributed by atoms with Crippen LogP contribution in [0.2, 0.25) is 0 Å². The summed E-state index contributed by atoms with van der Waals surface area (Å²) in [7, 11) is -3.54. The van der Waals surface area contributed by atoms with Crippen molar-refractivity contribution in [1.29, 1.82) is 0 Å². The summed E-state index contributed by atoms with van der Waals surface area (Å²) in [4.78, 5) is 12.2. The van der Waals surface area contributed by atoms with E-state index in [4.69, 9.17) is 5.11 Å². The van der Waals surface area contributed by atoms with E-state index in [9.17, 15) is 13.2 Å². The highest BCUT2D eigenvalue weighted by molar-refractivity contribution is 7.89. The first kappa shape index (κ1) is 15.8. The first-order valence-corrected chi connectivity index (χ1v) is 8.90. The molecule has 122 valence electrons. The SMILES string of the molecule is O=C(O)N1CC(CCNS(=O)(=O)c2ccc3ccccc3c2)C1. The molecule has 1 amide bonds. The number of rotatable bonds is 5. The van der Waals surface area contributed by atoms with Crippen molar-refractivity contribution in [3.05, 3.63) is 42.5 Å². The number of hydrogen-bond acceptors (Lipinski definition) is 3. The van der Waals surface area contributed by atoms with Gasteiger partial charge in [-0.3, -0.25) is 0 Å². The Labute approximate surface area is 134 Å². The van der Waals surface area contributed by atoms with Gasteiger partial charge in [0.25, 0.3) is 0 Å². The van der Waals surface area contributed by atoms with Gasteiger partial charge in [-0.25, -0.2) is 17.9 Å². The zero-order valence-electron chi connectivity index (χ0n) is 12.5. The number of hydrogen-bond donors (Lipinski definition) is 2. The average molecular weight is 334 g/mol. The van der Waals surface area contributed by atoms with Crippen LogP contribution < -0.4 is 4.72 Å². The minimum atomic E-state index is -3.54. The molecule has 2 aromatic carbocycles. The Kier molecular flexibility index (Phi) is 4.23. The zero-order valence-corrected chi connectivity index (χ0v) is 13.3. The lowest BCUT2D eigenvalue weighted by Gasteiger charge is -2.37. The number of likely N-dealkylation sites (tertiary alicyclic amines) is 1. The van der Waals surface area contributed by atoms with E-state index in [1.807, 2.05) is 24.3 Å².